The summed E-state index contributed by atoms with van der Waals surface area (Å²) < 4.78 is 7.47. The number of ether oxygens (including phenoxy) is 1. The van der Waals surface area contributed by atoms with Crippen LogP contribution in [-0.4, -0.2) is 27.3 Å². The minimum absolute atomic E-state index is 0.189. The van der Waals surface area contributed by atoms with Crippen LogP contribution in [0.5, 0.6) is 0 Å². The molecular formula is C21H19BrClN3O4. The quantitative estimate of drug-likeness (QED) is 0.531. The van der Waals surface area contributed by atoms with Gasteiger partial charge in [0.05, 0.1) is 16.3 Å². The van der Waals surface area contributed by atoms with E-state index >= 15 is 0 Å². The number of nitrogens with zero attached hydrogens (tertiary/aromatic N) is 2. The summed E-state index contributed by atoms with van der Waals surface area (Å²) in [5, 5.41) is 2.96. The molecule has 2 heterocycles. The van der Waals surface area contributed by atoms with E-state index in [1.165, 1.54) is 10.5 Å². The first-order valence-electron chi connectivity index (χ1n) is 9.16. The summed E-state index contributed by atoms with van der Waals surface area (Å²) in [7, 11) is 0. The van der Waals surface area contributed by atoms with Gasteiger partial charge < -0.3 is 10.1 Å². The van der Waals surface area contributed by atoms with E-state index < -0.39 is 17.9 Å². The Morgan fingerprint density at radius 1 is 1.23 bits per heavy atom. The highest BCUT2D eigenvalue weighted by Gasteiger charge is 2.27. The second kappa shape index (κ2) is 9.40. The molecular weight excluding hydrogens is 474 g/mol. The zero-order valence-corrected chi connectivity index (χ0v) is 18.6. The van der Waals surface area contributed by atoms with Gasteiger partial charge in [0.1, 0.15) is 18.3 Å². The molecule has 1 amide bonds. The fourth-order valence-electron chi connectivity index (χ4n) is 2.80. The summed E-state index contributed by atoms with van der Waals surface area (Å²) in [5.41, 5.74) is 0.729. The van der Waals surface area contributed by atoms with Crippen molar-refractivity contribution in [2.45, 2.75) is 26.5 Å². The van der Waals surface area contributed by atoms with E-state index in [-0.39, 0.29) is 23.6 Å². The molecule has 1 N–H and O–H groups in total. The lowest BCUT2D eigenvalue weighted by Crippen LogP contribution is -2.45. The van der Waals surface area contributed by atoms with Gasteiger partial charge in [-0.15, -0.1) is 0 Å². The van der Waals surface area contributed by atoms with Crippen molar-refractivity contribution in [2.24, 2.45) is 5.92 Å². The van der Waals surface area contributed by atoms with Crippen LogP contribution in [0.3, 0.4) is 0 Å². The highest BCUT2D eigenvalue weighted by Crippen LogP contribution is 2.16. The number of pyridine rings is 1. The number of carbonyl (C=O) groups is 2. The van der Waals surface area contributed by atoms with Gasteiger partial charge >= 0.3 is 5.97 Å². The summed E-state index contributed by atoms with van der Waals surface area (Å²) in [5.74, 6) is -1.32. The average Bonchev–Trinajstić information content (AvgIpc) is 2.70. The van der Waals surface area contributed by atoms with Crippen LogP contribution >= 0.6 is 27.5 Å². The molecule has 0 saturated carbocycles. The maximum absolute atomic E-state index is 12.6. The Morgan fingerprint density at radius 3 is 2.67 bits per heavy atom. The van der Waals surface area contributed by atoms with Crippen molar-refractivity contribution in [3.8, 4) is 0 Å². The monoisotopic (exact) mass is 491 g/mol. The molecule has 0 unspecified atom stereocenters. The summed E-state index contributed by atoms with van der Waals surface area (Å²) >= 11 is 9.36. The molecule has 7 nitrogen and oxygen atoms in total. The molecule has 0 spiro atoms. The molecule has 0 bridgehead atoms. The van der Waals surface area contributed by atoms with E-state index in [1.54, 1.807) is 56.4 Å². The van der Waals surface area contributed by atoms with Gasteiger partial charge in [-0.3, -0.25) is 14.0 Å². The molecule has 30 heavy (non-hydrogen) atoms. The van der Waals surface area contributed by atoms with Crippen LogP contribution < -0.4 is 10.9 Å². The number of esters is 1. The Balaban J connectivity index is 1.72. The molecule has 0 aliphatic carbocycles. The first-order chi connectivity index (χ1) is 14.3. The average molecular weight is 493 g/mol. The standard InChI is InChI=1S/C21H19BrClN3O4/c1-12(2)19(25-20(28)15-5-3-4-6-16(15)23)21(29)30-11-14-9-18(27)26-10-13(22)7-8-17(26)24-14/h3-10,12,19H,11H2,1-2H3,(H,25,28)/t19-/m0/s1. The second-order valence-corrected chi connectivity index (χ2v) is 8.27. The van der Waals surface area contributed by atoms with Crippen LogP contribution in [0, 0.1) is 5.92 Å². The molecule has 0 aliphatic rings. The Bertz CT molecular complexity index is 1160. The number of fused-ring (bicyclic) bond motifs is 1. The molecule has 156 valence electrons. The number of nitrogens with one attached hydrogen (secondary N) is 1. The number of hydrogen-bond acceptors (Lipinski definition) is 5. The predicted molar refractivity (Wildman–Crippen MR) is 117 cm³/mol. The van der Waals surface area contributed by atoms with Crippen LogP contribution in [0.25, 0.3) is 5.65 Å². The normalized spacial score (nSPS) is 12.0. The Morgan fingerprint density at radius 2 is 1.97 bits per heavy atom. The van der Waals surface area contributed by atoms with Gasteiger partial charge in [0.15, 0.2) is 0 Å². The highest BCUT2D eigenvalue weighted by atomic mass is 79.9. The topological polar surface area (TPSA) is 89.8 Å². The molecule has 0 radical (unpaired) electrons. The van der Waals surface area contributed by atoms with Crippen molar-refractivity contribution in [3.05, 3.63) is 79.8 Å². The first-order valence-corrected chi connectivity index (χ1v) is 10.3. The van der Waals surface area contributed by atoms with Crippen molar-refractivity contribution >= 4 is 45.1 Å². The third kappa shape index (κ3) is 5.06. The van der Waals surface area contributed by atoms with Crippen LogP contribution in [0.4, 0.5) is 0 Å². The number of carbonyl (C=O) groups excluding carboxylic acids is 2. The van der Waals surface area contributed by atoms with Crippen molar-refractivity contribution < 1.29 is 14.3 Å². The number of halogens is 2. The lowest BCUT2D eigenvalue weighted by molar-refractivity contribution is -0.148. The number of aromatic nitrogens is 2. The SMILES string of the molecule is CC(C)[C@H](NC(=O)c1ccccc1Cl)C(=O)OCc1cc(=O)n2cc(Br)ccc2n1. The summed E-state index contributed by atoms with van der Waals surface area (Å²) in [4.78, 5) is 41.7. The van der Waals surface area contributed by atoms with Gasteiger partial charge in [-0.2, -0.15) is 0 Å². The molecule has 3 rings (SSSR count). The molecule has 1 atom stereocenters. The van der Waals surface area contributed by atoms with Gasteiger partial charge in [-0.05, 0) is 46.1 Å². The molecule has 0 fully saturated rings. The lowest BCUT2D eigenvalue weighted by atomic mass is 10.0. The molecule has 3 aromatic rings. The van der Waals surface area contributed by atoms with Gasteiger partial charge in [0.2, 0.25) is 0 Å². The van der Waals surface area contributed by atoms with Crippen molar-refractivity contribution in [3.63, 3.8) is 0 Å². The summed E-state index contributed by atoms with van der Waals surface area (Å²) in [6, 6.07) is 10.4. The van der Waals surface area contributed by atoms with E-state index in [1.807, 2.05) is 0 Å². The molecule has 0 saturated heterocycles. The van der Waals surface area contributed by atoms with E-state index in [4.69, 9.17) is 16.3 Å². The van der Waals surface area contributed by atoms with E-state index in [0.29, 0.717) is 16.4 Å². The van der Waals surface area contributed by atoms with Gasteiger partial charge in [-0.1, -0.05) is 37.6 Å². The minimum Gasteiger partial charge on any atom is -0.458 e. The summed E-state index contributed by atoms with van der Waals surface area (Å²) in [6.45, 7) is 3.39. The minimum atomic E-state index is -0.883. The zero-order chi connectivity index (χ0) is 21.8. The molecule has 9 heteroatoms. The summed E-state index contributed by atoms with van der Waals surface area (Å²) in [6.07, 6.45) is 1.61. The van der Waals surface area contributed by atoms with Crippen molar-refractivity contribution in [1.82, 2.24) is 14.7 Å². The fraction of sp³-hybridized carbons (Fsp3) is 0.238. The highest BCUT2D eigenvalue weighted by molar-refractivity contribution is 9.10. The fourth-order valence-corrected chi connectivity index (χ4v) is 3.36. The zero-order valence-electron chi connectivity index (χ0n) is 16.3. The molecule has 0 aliphatic heterocycles. The smallest absolute Gasteiger partial charge is 0.329 e. The third-order valence-electron chi connectivity index (χ3n) is 4.36. The number of benzene rings is 1. The maximum Gasteiger partial charge on any atom is 0.329 e. The molecule has 1 aromatic carbocycles. The maximum atomic E-state index is 12.6. The van der Waals surface area contributed by atoms with Gasteiger partial charge in [-0.25, -0.2) is 9.78 Å². The van der Waals surface area contributed by atoms with Crippen LogP contribution in [-0.2, 0) is 16.1 Å². The van der Waals surface area contributed by atoms with Gasteiger partial charge in [0.25, 0.3) is 11.5 Å². The Hall–Kier alpha value is -2.71. The number of hydrogen-bond donors (Lipinski definition) is 1. The van der Waals surface area contributed by atoms with Crippen LogP contribution in [0.1, 0.15) is 29.9 Å². The Kier molecular flexibility index (Phi) is 6.89. The number of rotatable bonds is 6. The predicted octanol–water partition coefficient (Wildman–Crippen LogP) is 3.61. The van der Waals surface area contributed by atoms with Crippen molar-refractivity contribution in [2.75, 3.05) is 0 Å². The van der Waals surface area contributed by atoms with E-state index in [2.05, 4.69) is 26.2 Å². The third-order valence-corrected chi connectivity index (χ3v) is 5.16. The van der Waals surface area contributed by atoms with E-state index in [9.17, 15) is 14.4 Å². The first kappa shape index (κ1) is 22.0. The van der Waals surface area contributed by atoms with Crippen LogP contribution in [0.15, 0.2) is 57.9 Å². The Labute approximate surface area is 186 Å². The number of amides is 1. The van der Waals surface area contributed by atoms with E-state index in [0.717, 1.165) is 4.47 Å². The lowest BCUT2D eigenvalue weighted by Gasteiger charge is -2.21. The van der Waals surface area contributed by atoms with Crippen molar-refractivity contribution in [1.29, 1.82) is 0 Å². The molecule has 2 aromatic heterocycles. The van der Waals surface area contributed by atoms with Gasteiger partial charge in [0, 0.05) is 16.7 Å². The second-order valence-electron chi connectivity index (χ2n) is 6.94. The van der Waals surface area contributed by atoms with Crippen LogP contribution in [0.2, 0.25) is 5.02 Å². The largest absolute Gasteiger partial charge is 0.458 e.